The average molecular weight is 585 g/mol. The van der Waals surface area contributed by atoms with Crippen molar-refractivity contribution in [2.45, 2.75) is 87.6 Å². The normalized spacial score (nSPS) is 32.1. The maximum atomic E-state index is 13.8. The summed E-state index contributed by atoms with van der Waals surface area (Å²) >= 11 is 0. The van der Waals surface area contributed by atoms with E-state index in [9.17, 15) is 35.5 Å². The first kappa shape index (κ1) is 28.5. The van der Waals surface area contributed by atoms with E-state index in [1.807, 2.05) is 0 Å². The highest BCUT2D eigenvalue weighted by atomic mass is 19.4. The molecule has 2 aromatic rings. The molecule has 0 aromatic heterocycles. The van der Waals surface area contributed by atoms with Crippen LogP contribution in [0.15, 0.2) is 42.5 Å². The Bertz CT molecular complexity index is 1240. The number of halogens is 7. The van der Waals surface area contributed by atoms with E-state index in [0.29, 0.717) is 42.0 Å². The Kier molecular flexibility index (Phi) is 7.12. The number of rotatable bonds is 6. The molecule has 222 valence electrons. The fourth-order valence-electron chi connectivity index (χ4n) is 7.65. The van der Waals surface area contributed by atoms with Gasteiger partial charge in [0.25, 0.3) is 0 Å². The smallest absolute Gasteiger partial charge is 0.368 e. The lowest BCUT2D eigenvalue weighted by molar-refractivity contribution is -0.143. The zero-order valence-electron chi connectivity index (χ0n) is 22.3. The number of benzene rings is 2. The molecule has 2 aliphatic heterocycles. The van der Waals surface area contributed by atoms with Crippen molar-refractivity contribution in [1.29, 1.82) is 0 Å². The van der Waals surface area contributed by atoms with E-state index >= 15 is 0 Å². The van der Waals surface area contributed by atoms with Crippen molar-refractivity contribution in [3.05, 3.63) is 70.5 Å². The highest BCUT2D eigenvalue weighted by Gasteiger charge is 2.54. The van der Waals surface area contributed by atoms with Gasteiger partial charge in [0.15, 0.2) is 0 Å². The van der Waals surface area contributed by atoms with Crippen LogP contribution in [0.1, 0.15) is 73.3 Å². The lowest BCUT2D eigenvalue weighted by Gasteiger charge is -2.28. The molecule has 41 heavy (non-hydrogen) atoms. The second-order valence-electron chi connectivity index (χ2n) is 11.9. The third-order valence-electron chi connectivity index (χ3n) is 9.59. The summed E-state index contributed by atoms with van der Waals surface area (Å²) in [5.74, 6) is 0.189. The molecule has 2 aliphatic carbocycles. The van der Waals surface area contributed by atoms with E-state index in [-0.39, 0.29) is 36.2 Å². The molecule has 6 rings (SSSR count). The molecular weight excluding hydrogens is 553 g/mol. The van der Waals surface area contributed by atoms with Crippen LogP contribution in [0.5, 0.6) is 0 Å². The number of fused-ring (bicyclic) bond motifs is 3. The molecule has 2 saturated carbocycles. The Balaban J connectivity index is 1.26. The van der Waals surface area contributed by atoms with Crippen LogP contribution in [0.25, 0.3) is 0 Å². The van der Waals surface area contributed by atoms with E-state index in [4.69, 9.17) is 4.74 Å². The van der Waals surface area contributed by atoms with Crippen LogP contribution in [-0.2, 0) is 21.9 Å². The first-order chi connectivity index (χ1) is 19.3. The monoisotopic (exact) mass is 584 g/mol. The minimum absolute atomic E-state index is 0.0782. The molecule has 4 nitrogen and oxygen atoms in total. The van der Waals surface area contributed by atoms with E-state index < -0.39 is 47.4 Å². The molecule has 2 aromatic carbocycles. The summed E-state index contributed by atoms with van der Waals surface area (Å²) in [5, 5.41) is 3.62. The summed E-state index contributed by atoms with van der Waals surface area (Å²) in [6, 6.07) is 6.85. The van der Waals surface area contributed by atoms with Crippen LogP contribution in [0.2, 0.25) is 0 Å². The maximum Gasteiger partial charge on any atom is 0.416 e. The average Bonchev–Trinajstić information content (AvgIpc) is 3.65. The number of ether oxygens (including phenoxy) is 1. The van der Waals surface area contributed by atoms with Crippen molar-refractivity contribution in [3.8, 4) is 0 Å². The topological polar surface area (TPSA) is 41.6 Å². The number of nitrogens with zero attached hydrogens (tertiary/aromatic N) is 1. The summed E-state index contributed by atoms with van der Waals surface area (Å²) in [7, 11) is 0. The van der Waals surface area contributed by atoms with Crippen LogP contribution >= 0.6 is 0 Å². The highest BCUT2D eigenvalue weighted by Crippen LogP contribution is 2.47. The van der Waals surface area contributed by atoms with E-state index in [1.165, 1.54) is 19.1 Å². The maximum absolute atomic E-state index is 13.8. The number of hydrogen-bond acceptors (Lipinski definition) is 3. The van der Waals surface area contributed by atoms with E-state index in [2.05, 4.69) is 5.32 Å². The second kappa shape index (κ2) is 10.3. The minimum atomic E-state index is -4.98. The van der Waals surface area contributed by atoms with Crippen LogP contribution < -0.4 is 5.32 Å². The summed E-state index contributed by atoms with van der Waals surface area (Å²) in [6.07, 6.45) is -6.66. The van der Waals surface area contributed by atoms with E-state index in [1.54, 1.807) is 17.0 Å². The Morgan fingerprint density at radius 3 is 2.00 bits per heavy atom. The fourth-order valence-corrected chi connectivity index (χ4v) is 7.65. The summed E-state index contributed by atoms with van der Waals surface area (Å²) in [6.45, 7) is 1.54. The van der Waals surface area contributed by atoms with Gasteiger partial charge in [-0.15, -0.1) is 0 Å². The SMILES string of the molecule is C[C@@H](O[C@H]1CN2C(=O)C(NC3C4CCC3CC4)CC2[C@@H]1c1ccc(F)cc1)c1cc(C(F)(F)F)cc(C(F)(F)F)c1. The molecule has 4 aliphatic rings. The molecule has 2 saturated heterocycles. The van der Waals surface area contributed by atoms with Gasteiger partial charge in [0.2, 0.25) is 5.91 Å². The number of carbonyl (C=O) groups is 1. The Labute approximate surface area is 233 Å². The van der Waals surface area contributed by atoms with Crippen LogP contribution in [0.3, 0.4) is 0 Å². The van der Waals surface area contributed by atoms with Crippen LogP contribution in [0, 0.1) is 17.7 Å². The summed E-state index contributed by atoms with van der Waals surface area (Å²) in [4.78, 5) is 15.3. The standard InChI is InChI=1S/C30H31F7N2O2/c1-15(19-10-20(29(32,33)34)12-21(11-19)30(35,36)37)41-25-14-39-24(26(25)16-6-8-22(31)9-7-16)13-23(28(39)40)38-27-17-2-3-18(27)5-4-17/h6-12,15,17-18,23-27,38H,2-5,13-14H2,1H3/t15-,17?,18?,23?,24?,25+,26+,27?/m1/s1. The molecule has 2 unspecified atom stereocenters. The third kappa shape index (κ3) is 5.35. The van der Waals surface area contributed by atoms with Crippen LogP contribution in [-0.4, -0.2) is 41.6 Å². The Morgan fingerprint density at radius 2 is 1.46 bits per heavy atom. The van der Waals surface area contributed by atoms with Crippen molar-refractivity contribution >= 4 is 5.91 Å². The van der Waals surface area contributed by atoms with Gasteiger partial charge in [-0.1, -0.05) is 12.1 Å². The first-order valence-corrected chi connectivity index (χ1v) is 14.1. The van der Waals surface area contributed by atoms with Crippen molar-refractivity contribution < 1.29 is 40.3 Å². The predicted octanol–water partition coefficient (Wildman–Crippen LogP) is 6.85. The van der Waals surface area contributed by atoms with Crippen molar-refractivity contribution in [2.75, 3.05) is 6.54 Å². The molecule has 1 amide bonds. The van der Waals surface area contributed by atoms with Gasteiger partial charge in [-0.25, -0.2) is 4.39 Å². The largest absolute Gasteiger partial charge is 0.416 e. The molecule has 1 N–H and O–H groups in total. The summed E-state index contributed by atoms with van der Waals surface area (Å²) < 4.78 is 101. The molecule has 2 bridgehead atoms. The van der Waals surface area contributed by atoms with Gasteiger partial charge >= 0.3 is 12.4 Å². The molecule has 11 heteroatoms. The quantitative estimate of drug-likeness (QED) is 0.378. The van der Waals surface area contributed by atoms with Crippen molar-refractivity contribution in [3.63, 3.8) is 0 Å². The molecule has 2 heterocycles. The van der Waals surface area contributed by atoms with Gasteiger partial charge in [0, 0.05) is 24.5 Å². The second-order valence-corrected chi connectivity index (χ2v) is 11.9. The molecule has 4 fully saturated rings. The number of carbonyl (C=O) groups excluding carboxylic acids is 1. The molecule has 5 atom stereocenters. The van der Waals surface area contributed by atoms with Crippen molar-refractivity contribution in [2.24, 2.45) is 11.8 Å². The lowest BCUT2D eigenvalue weighted by Crippen LogP contribution is -2.46. The van der Waals surface area contributed by atoms with Gasteiger partial charge in [0.05, 0.1) is 29.4 Å². The van der Waals surface area contributed by atoms with Crippen molar-refractivity contribution in [1.82, 2.24) is 10.2 Å². The molecule has 0 radical (unpaired) electrons. The summed E-state index contributed by atoms with van der Waals surface area (Å²) in [5.41, 5.74) is -2.39. The minimum Gasteiger partial charge on any atom is -0.368 e. The third-order valence-corrected chi connectivity index (χ3v) is 9.59. The van der Waals surface area contributed by atoms with E-state index in [0.717, 1.165) is 25.7 Å². The predicted molar refractivity (Wildman–Crippen MR) is 135 cm³/mol. The number of alkyl halides is 6. The van der Waals surface area contributed by atoms with Gasteiger partial charge in [0.1, 0.15) is 5.82 Å². The van der Waals surface area contributed by atoms with Gasteiger partial charge in [-0.3, -0.25) is 4.79 Å². The Morgan fingerprint density at radius 1 is 0.902 bits per heavy atom. The van der Waals surface area contributed by atoms with Gasteiger partial charge < -0.3 is 15.0 Å². The number of hydrogen-bond donors (Lipinski definition) is 1. The highest BCUT2D eigenvalue weighted by molar-refractivity contribution is 5.85. The fraction of sp³-hybridized carbons (Fsp3) is 0.567. The molecular formula is C30H31F7N2O2. The zero-order chi connectivity index (χ0) is 29.3. The lowest BCUT2D eigenvalue weighted by atomic mass is 9.87. The number of nitrogens with one attached hydrogen (secondary N) is 1. The first-order valence-electron chi connectivity index (χ1n) is 14.1. The van der Waals surface area contributed by atoms with Gasteiger partial charge in [-0.05, 0) is 92.3 Å². The van der Waals surface area contributed by atoms with Crippen LogP contribution in [0.4, 0.5) is 30.7 Å². The molecule has 0 spiro atoms. The number of amides is 1. The van der Waals surface area contributed by atoms with Gasteiger partial charge in [-0.2, -0.15) is 26.3 Å². The zero-order valence-corrected chi connectivity index (χ0v) is 22.3. The Hall–Kier alpha value is -2.66.